The molecule has 0 aromatic carbocycles. The molecule has 1 aromatic rings. The molecule has 0 aliphatic rings. The Kier molecular flexibility index (Phi) is 3.03. The van der Waals surface area contributed by atoms with Crippen LogP contribution in [-0.4, -0.2) is 27.2 Å². The Labute approximate surface area is 83.1 Å². The molecule has 0 fully saturated rings. The van der Waals surface area contributed by atoms with E-state index in [1.54, 1.807) is 6.26 Å². The van der Waals surface area contributed by atoms with Crippen LogP contribution in [0.4, 0.5) is 5.69 Å². The van der Waals surface area contributed by atoms with Crippen LogP contribution in [-0.2, 0) is 0 Å². The molecule has 0 spiro atoms. The summed E-state index contributed by atoms with van der Waals surface area (Å²) in [5.74, 6) is -1.23. The zero-order valence-corrected chi connectivity index (χ0v) is 7.95. The number of hydrogen-bond donors (Lipinski definition) is 1. The quantitative estimate of drug-likeness (QED) is 0.464. The third-order valence-corrected chi connectivity index (χ3v) is 2.17. The van der Waals surface area contributed by atoms with Crippen molar-refractivity contribution in [2.45, 2.75) is 5.03 Å². The van der Waals surface area contributed by atoms with Gasteiger partial charge in [0.15, 0.2) is 5.03 Å². The summed E-state index contributed by atoms with van der Waals surface area (Å²) in [6, 6.07) is 1.00. The minimum Gasteiger partial charge on any atom is -0.478 e. The van der Waals surface area contributed by atoms with E-state index in [9.17, 15) is 14.9 Å². The van der Waals surface area contributed by atoms with E-state index >= 15 is 0 Å². The van der Waals surface area contributed by atoms with Gasteiger partial charge in [0.05, 0.1) is 10.5 Å². The molecule has 74 valence electrons. The van der Waals surface area contributed by atoms with E-state index in [1.807, 2.05) is 0 Å². The molecule has 0 bridgehead atoms. The summed E-state index contributed by atoms with van der Waals surface area (Å²) < 4.78 is 0. The molecule has 6 nitrogen and oxygen atoms in total. The first-order valence-corrected chi connectivity index (χ1v) is 4.70. The molecule has 1 rings (SSSR count). The molecule has 0 radical (unpaired) electrons. The number of carboxylic acids is 1. The van der Waals surface area contributed by atoms with Crippen molar-refractivity contribution in [1.29, 1.82) is 0 Å². The average molecular weight is 214 g/mol. The highest BCUT2D eigenvalue weighted by atomic mass is 32.2. The first-order valence-electron chi connectivity index (χ1n) is 3.48. The molecule has 0 aliphatic carbocycles. The van der Waals surface area contributed by atoms with E-state index in [1.165, 1.54) is 0 Å². The van der Waals surface area contributed by atoms with E-state index < -0.39 is 10.9 Å². The summed E-state index contributed by atoms with van der Waals surface area (Å²) in [5, 5.41) is 19.3. The number of pyridine rings is 1. The summed E-state index contributed by atoms with van der Waals surface area (Å²) in [7, 11) is 0. The van der Waals surface area contributed by atoms with Gasteiger partial charge in [-0.1, -0.05) is 0 Å². The monoisotopic (exact) mass is 214 g/mol. The molecular weight excluding hydrogens is 208 g/mol. The maximum absolute atomic E-state index is 10.5. The van der Waals surface area contributed by atoms with E-state index in [4.69, 9.17) is 5.11 Å². The molecule has 0 saturated heterocycles. The van der Waals surface area contributed by atoms with Gasteiger partial charge < -0.3 is 5.11 Å². The highest BCUT2D eigenvalue weighted by Crippen LogP contribution is 2.25. The SMILES string of the molecule is CSc1ncc(C(=O)O)cc1[N+](=O)[O-]. The van der Waals surface area contributed by atoms with Gasteiger partial charge in [-0.3, -0.25) is 10.1 Å². The van der Waals surface area contributed by atoms with Crippen LogP contribution in [0.5, 0.6) is 0 Å². The molecule has 7 heteroatoms. The second kappa shape index (κ2) is 4.05. The predicted molar refractivity (Wildman–Crippen MR) is 49.6 cm³/mol. The van der Waals surface area contributed by atoms with E-state index in [0.717, 1.165) is 24.0 Å². The van der Waals surface area contributed by atoms with E-state index in [-0.39, 0.29) is 16.3 Å². The van der Waals surface area contributed by atoms with Gasteiger partial charge in [0.2, 0.25) is 0 Å². The highest BCUT2D eigenvalue weighted by Gasteiger charge is 2.17. The van der Waals surface area contributed by atoms with Gasteiger partial charge in [-0.2, -0.15) is 0 Å². The molecule has 14 heavy (non-hydrogen) atoms. The van der Waals surface area contributed by atoms with Crippen LogP contribution in [0.25, 0.3) is 0 Å². The summed E-state index contributed by atoms with van der Waals surface area (Å²) in [6.07, 6.45) is 2.73. The molecule has 1 N–H and O–H groups in total. The zero-order valence-electron chi connectivity index (χ0n) is 7.13. The maximum Gasteiger partial charge on any atom is 0.337 e. The van der Waals surface area contributed by atoms with Gasteiger partial charge in [-0.15, -0.1) is 11.8 Å². The van der Waals surface area contributed by atoms with Gasteiger partial charge in [0.1, 0.15) is 0 Å². The topological polar surface area (TPSA) is 93.3 Å². The van der Waals surface area contributed by atoms with Gasteiger partial charge in [-0.25, -0.2) is 9.78 Å². The fourth-order valence-electron chi connectivity index (χ4n) is 0.846. The number of nitro groups is 1. The number of aromatic nitrogens is 1. The second-order valence-corrected chi connectivity index (χ2v) is 3.11. The van der Waals surface area contributed by atoms with Gasteiger partial charge in [-0.05, 0) is 6.26 Å². The first kappa shape index (κ1) is 10.5. The van der Waals surface area contributed by atoms with E-state index in [2.05, 4.69) is 4.98 Å². The third-order valence-electron chi connectivity index (χ3n) is 1.47. The van der Waals surface area contributed by atoms with Crippen molar-refractivity contribution < 1.29 is 14.8 Å². The minimum atomic E-state index is -1.23. The second-order valence-electron chi connectivity index (χ2n) is 2.31. The number of hydrogen-bond acceptors (Lipinski definition) is 5. The van der Waals surface area contributed by atoms with Crippen molar-refractivity contribution in [1.82, 2.24) is 4.98 Å². The van der Waals surface area contributed by atoms with Crippen LogP contribution < -0.4 is 0 Å². The van der Waals surface area contributed by atoms with Gasteiger partial charge in [0, 0.05) is 12.3 Å². The van der Waals surface area contributed by atoms with Gasteiger partial charge >= 0.3 is 11.7 Å². The fourth-order valence-corrected chi connectivity index (χ4v) is 1.35. The van der Waals surface area contributed by atoms with Crippen molar-refractivity contribution in [3.63, 3.8) is 0 Å². The minimum absolute atomic E-state index is 0.186. The Balaban J connectivity index is 3.27. The lowest BCUT2D eigenvalue weighted by atomic mass is 10.3. The molecule has 0 aliphatic heterocycles. The number of carbonyl (C=O) groups is 1. The number of nitrogens with zero attached hydrogens (tertiary/aromatic N) is 2. The Morgan fingerprint density at radius 2 is 2.36 bits per heavy atom. The maximum atomic E-state index is 10.5. The highest BCUT2D eigenvalue weighted by molar-refractivity contribution is 7.98. The molecule has 1 aromatic heterocycles. The lowest BCUT2D eigenvalue weighted by Crippen LogP contribution is -2.01. The predicted octanol–water partition coefficient (Wildman–Crippen LogP) is 1.41. The van der Waals surface area contributed by atoms with Crippen molar-refractivity contribution in [3.8, 4) is 0 Å². The Hall–Kier alpha value is -1.63. The molecule has 1 heterocycles. The summed E-state index contributed by atoms with van der Waals surface area (Å²) in [4.78, 5) is 24.1. The van der Waals surface area contributed by atoms with Crippen molar-refractivity contribution in [2.24, 2.45) is 0 Å². The lowest BCUT2D eigenvalue weighted by molar-refractivity contribution is -0.388. The summed E-state index contributed by atoms with van der Waals surface area (Å²) in [5.41, 5.74) is -0.466. The van der Waals surface area contributed by atoms with Crippen molar-refractivity contribution in [2.75, 3.05) is 6.26 Å². The summed E-state index contributed by atoms with van der Waals surface area (Å²) in [6.45, 7) is 0. The van der Waals surface area contributed by atoms with Crippen LogP contribution in [0.2, 0.25) is 0 Å². The van der Waals surface area contributed by atoms with E-state index in [0.29, 0.717) is 0 Å². The van der Waals surface area contributed by atoms with Crippen LogP contribution in [0.15, 0.2) is 17.3 Å². The van der Waals surface area contributed by atoms with Crippen LogP contribution in [0, 0.1) is 10.1 Å². The van der Waals surface area contributed by atoms with Crippen LogP contribution in [0.3, 0.4) is 0 Å². The number of carboxylic acid groups (broad SMARTS) is 1. The molecule has 0 amide bonds. The average Bonchev–Trinajstić information content (AvgIpc) is 2.16. The zero-order chi connectivity index (χ0) is 10.7. The first-order chi connectivity index (χ1) is 6.56. The van der Waals surface area contributed by atoms with Crippen LogP contribution in [0.1, 0.15) is 10.4 Å². The number of aromatic carboxylic acids is 1. The van der Waals surface area contributed by atoms with Gasteiger partial charge in [0.25, 0.3) is 0 Å². The number of thioether (sulfide) groups is 1. The fraction of sp³-hybridized carbons (Fsp3) is 0.143. The normalized spacial score (nSPS) is 9.79. The summed E-state index contributed by atoms with van der Waals surface area (Å²) >= 11 is 1.10. The van der Waals surface area contributed by atoms with Crippen LogP contribution >= 0.6 is 11.8 Å². The Morgan fingerprint density at radius 1 is 1.71 bits per heavy atom. The largest absolute Gasteiger partial charge is 0.478 e. The van der Waals surface area contributed by atoms with Crippen molar-refractivity contribution >= 4 is 23.4 Å². The molecule has 0 unspecified atom stereocenters. The Bertz CT molecular complexity index is 393. The third kappa shape index (κ3) is 1.99. The Morgan fingerprint density at radius 3 is 2.79 bits per heavy atom. The van der Waals surface area contributed by atoms with Crippen molar-refractivity contribution in [3.05, 3.63) is 27.9 Å². The standard InChI is InChI=1S/C7H6N2O4S/c1-14-6-5(9(12)13)2-4(3-8-6)7(10)11/h2-3H,1H3,(H,10,11). The lowest BCUT2D eigenvalue weighted by Gasteiger charge is -1.99. The molecular formula is C7H6N2O4S. The number of rotatable bonds is 3. The molecule has 0 saturated carbocycles. The molecule has 0 atom stereocenters. The smallest absolute Gasteiger partial charge is 0.337 e.